The molecule has 3 rings (SSSR count). The molecule has 0 aliphatic carbocycles. The number of amides is 1. The summed E-state index contributed by atoms with van der Waals surface area (Å²) in [6.45, 7) is 2.39. The largest absolute Gasteiger partial charge is 0.507 e. The molecule has 2 aromatic rings. The van der Waals surface area contributed by atoms with E-state index in [1.807, 2.05) is 6.92 Å². The molecule has 5 nitrogen and oxygen atoms in total. The van der Waals surface area contributed by atoms with Gasteiger partial charge in [-0.25, -0.2) is 4.39 Å². The molecule has 0 spiro atoms. The van der Waals surface area contributed by atoms with E-state index in [2.05, 4.69) is 0 Å². The SMILES string of the molecule is CCCCCN1C(=O)C(=O)/C(=C(/O)c2cc(OC)ccc2Cl)C1c1ccc(F)cc1. The van der Waals surface area contributed by atoms with E-state index in [9.17, 15) is 19.1 Å². The maximum atomic E-state index is 13.5. The Morgan fingerprint density at radius 2 is 1.87 bits per heavy atom. The molecule has 1 heterocycles. The second-order valence-electron chi connectivity index (χ2n) is 7.10. The summed E-state index contributed by atoms with van der Waals surface area (Å²) in [7, 11) is 1.47. The molecule has 7 heteroatoms. The van der Waals surface area contributed by atoms with Gasteiger partial charge < -0.3 is 14.7 Å². The van der Waals surface area contributed by atoms with E-state index < -0.39 is 23.5 Å². The summed E-state index contributed by atoms with van der Waals surface area (Å²) in [5.41, 5.74) is 0.653. The molecule has 0 aromatic heterocycles. The van der Waals surface area contributed by atoms with Crippen molar-refractivity contribution < 1.29 is 23.8 Å². The molecule has 1 atom stereocenters. The van der Waals surface area contributed by atoms with Gasteiger partial charge in [-0.1, -0.05) is 43.5 Å². The quantitative estimate of drug-likeness (QED) is 0.286. The molecule has 2 aromatic carbocycles. The molecule has 1 amide bonds. The summed E-state index contributed by atoms with van der Waals surface area (Å²) >= 11 is 6.25. The lowest BCUT2D eigenvalue weighted by molar-refractivity contribution is -0.139. The summed E-state index contributed by atoms with van der Waals surface area (Å²) < 4.78 is 18.7. The van der Waals surface area contributed by atoms with Crippen LogP contribution in [0, 0.1) is 5.82 Å². The topological polar surface area (TPSA) is 66.8 Å². The zero-order valence-corrected chi connectivity index (χ0v) is 17.6. The van der Waals surface area contributed by atoms with Gasteiger partial charge in [-0.2, -0.15) is 0 Å². The molecule has 0 bridgehead atoms. The first-order chi connectivity index (χ1) is 14.4. The Bertz CT molecular complexity index is 987. The highest BCUT2D eigenvalue weighted by atomic mass is 35.5. The lowest BCUT2D eigenvalue weighted by Crippen LogP contribution is -2.30. The van der Waals surface area contributed by atoms with Crippen molar-refractivity contribution in [1.82, 2.24) is 4.90 Å². The molecule has 0 radical (unpaired) electrons. The number of aliphatic hydroxyl groups is 1. The summed E-state index contributed by atoms with van der Waals surface area (Å²) in [6, 6.07) is 9.40. The number of carbonyl (C=O) groups is 2. The molecular formula is C23H23ClFNO4. The number of methoxy groups -OCH3 is 1. The third kappa shape index (κ3) is 4.19. The normalized spacial score (nSPS) is 18.1. The summed E-state index contributed by atoms with van der Waals surface area (Å²) in [4.78, 5) is 27.2. The number of hydrogen-bond donors (Lipinski definition) is 1. The molecule has 1 aliphatic rings. The average Bonchev–Trinajstić information content (AvgIpc) is 2.99. The summed E-state index contributed by atoms with van der Waals surface area (Å²) in [5.74, 6) is -1.86. The van der Waals surface area contributed by atoms with E-state index in [0.29, 0.717) is 24.3 Å². The maximum Gasteiger partial charge on any atom is 0.295 e. The van der Waals surface area contributed by atoms with Crippen molar-refractivity contribution in [3.8, 4) is 5.75 Å². The van der Waals surface area contributed by atoms with Crippen LogP contribution in [0.5, 0.6) is 5.75 Å². The van der Waals surface area contributed by atoms with Gasteiger partial charge in [0.05, 0.1) is 23.7 Å². The second-order valence-corrected chi connectivity index (χ2v) is 7.50. The van der Waals surface area contributed by atoms with E-state index >= 15 is 0 Å². The fourth-order valence-electron chi connectivity index (χ4n) is 3.59. The van der Waals surface area contributed by atoms with Crippen molar-refractivity contribution in [2.75, 3.05) is 13.7 Å². The van der Waals surface area contributed by atoms with Crippen molar-refractivity contribution in [3.05, 3.63) is 70.0 Å². The van der Waals surface area contributed by atoms with Crippen molar-refractivity contribution >= 4 is 29.1 Å². The molecule has 1 aliphatic heterocycles. The average molecular weight is 432 g/mol. The second kappa shape index (κ2) is 9.30. The first kappa shape index (κ1) is 21.8. The van der Waals surface area contributed by atoms with E-state index in [-0.39, 0.29) is 21.9 Å². The van der Waals surface area contributed by atoms with Crippen LogP contribution in [0.2, 0.25) is 5.02 Å². The number of unbranched alkanes of at least 4 members (excludes halogenated alkanes) is 2. The highest BCUT2D eigenvalue weighted by molar-refractivity contribution is 6.47. The van der Waals surface area contributed by atoms with Crippen LogP contribution in [0.3, 0.4) is 0 Å². The van der Waals surface area contributed by atoms with Crippen LogP contribution in [0.15, 0.2) is 48.0 Å². The number of ether oxygens (including phenoxy) is 1. The number of carbonyl (C=O) groups excluding carboxylic acids is 2. The van der Waals surface area contributed by atoms with Crippen molar-refractivity contribution in [1.29, 1.82) is 0 Å². The molecule has 1 N–H and O–H groups in total. The lowest BCUT2D eigenvalue weighted by atomic mass is 9.95. The molecule has 30 heavy (non-hydrogen) atoms. The highest BCUT2D eigenvalue weighted by Crippen LogP contribution is 2.41. The van der Waals surface area contributed by atoms with Crippen LogP contribution in [0.4, 0.5) is 4.39 Å². The first-order valence-corrected chi connectivity index (χ1v) is 10.1. The third-order valence-corrected chi connectivity index (χ3v) is 5.49. The minimum atomic E-state index is -0.829. The fourth-order valence-corrected chi connectivity index (χ4v) is 3.80. The van der Waals surface area contributed by atoms with Gasteiger partial charge in [0.2, 0.25) is 0 Å². The number of ketones is 1. The lowest BCUT2D eigenvalue weighted by Gasteiger charge is -2.25. The minimum Gasteiger partial charge on any atom is -0.507 e. The van der Waals surface area contributed by atoms with Gasteiger partial charge in [0.1, 0.15) is 17.3 Å². The Kier molecular flexibility index (Phi) is 6.77. The zero-order chi connectivity index (χ0) is 21.8. The first-order valence-electron chi connectivity index (χ1n) is 9.76. The number of nitrogens with zero attached hydrogens (tertiary/aromatic N) is 1. The standard InChI is InChI=1S/C23H23ClFNO4/c1-3-4-5-12-26-20(14-6-8-15(25)9-7-14)19(22(28)23(26)29)21(27)17-13-16(30-2)10-11-18(17)24/h6-11,13,20,27H,3-5,12H2,1-2H3/b21-19+. The Balaban J connectivity index is 2.16. The summed E-state index contributed by atoms with van der Waals surface area (Å²) in [5, 5.41) is 11.3. The Morgan fingerprint density at radius 1 is 1.17 bits per heavy atom. The van der Waals surface area contributed by atoms with Crippen LogP contribution in [0.25, 0.3) is 5.76 Å². The number of halogens is 2. The van der Waals surface area contributed by atoms with E-state index in [1.54, 1.807) is 12.1 Å². The fraction of sp³-hybridized carbons (Fsp3) is 0.304. The van der Waals surface area contributed by atoms with Gasteiger partial charge in [0.15, 0.2) is 0 Å². The van der Waals surface area contributed by atoms with E-state index in [0.717, 1.165) is 12.8 Å². The number of benzene rings is 2. The van der Waals surface area contributed by atoms with Crippen molar-refractivity contribution in [3.63, 3.8) is 0 Å². The van der Waals surface area contributed by atoms with Crippen LogP contribution in [-0.2, 0) is 9.59 Å². The Hall–Kier alpha value is -2.86. The van der Waals surface area contributed by atoms with Gasteiger partial charge in [0, 0.05) is 12.1 Å². The van der Waals surface area contributed by atoms with Crippen LogP contribution >= 0.6 is 11.6 Å². The maximum absolute atomic E-state index is 13.5. The Labute approximate surface area is 179 Å². The predicted octanol–water partition coefficient (Wildman–Crippen LogP) is 5.10. The molecule has 158 valence electrons. The van der Waals surface area contributed by atoms with Crippen molar-refractivity contribution in [2.45, 2.75) is 32.2 Å². The minimum absolute atomic E-state index is 0.0711. The number of hydrogen-bond acceptors (Lipinski definition) is 4. The number of Topliss-reactive ketones (excluding diaryl/α,β-unsaturated/α-hetero) is 1. The van der Waals surface area contributed by atoms with Crippen LogP contribution < -0.4 is 4.74 Å². The smallest absolute Gasteiger partial charge is 0.295 e. The van der Waals surface area contributed by atoms with Gasteiger partial charge in [0.25, 0.3) is 11.7 Å². The number of likely N-dealkylation sites (tertiary alicyclic amines) is 1. The molecule has 1 unspecified atom stereocenters. The molecule has 1 saturated heterocycles. The molecular weight excluding hydrogens is 409 g/mol. The monoisotopic (exact) mass is 431 g/mol. The predicted molar refractivity (Wildman–Crippen MR) is 113 cm³/mol. The number of aliphatic hydroxyl groups excluding tert-OH is 1. The van der Waals surface area contributed by atoms with E-state index in [4.69, 9.17) is 16.3 Å². The van der Waals surface area contributed by atoms with Gasteiger partial charge >= 0.3 is 0 Å². The zero-order valence-electron chi connectivity index (χ0n) is 16.8. The summed E-state index contributed by atoms with van der Waals surface area (Å²) in [6.07, 6.45) is 2.55. The van der Waals surface area contributed by atoms with Crippen LogP contribution in [0.1, 0.15) is 43.4 Å². The Morgan fingerprint density at radius 3 is 2.50 bits per heavy atom. The third-order valence-electron chi connectivity index (χ3n) is 5.16. The van der Waals surface area contributed by atoms with Gasteiger partial charge in [-0.3, -0.25) is 9.59 Å². The van der Waals surface area contributed by atoms with Gasteiger partial charge in [-0.15, -0.1) is 0 Å². The molecule has 0 saturated carbocycles. The highest BCUT2D eigenvalue weighted by Gasteiger charge is 2.45. The van der Waals surface area contributed by atoms with E-state index in [1.165, 1.54) is 42.3 Å². The molecule has 1 fully saturated rings. The number of rotatable bonds is 7. The van der Waals surface area contributed by atoms with Crippen molar-refractivity contribution in [2.24, 2.45) is 0 Å². The van der Waals surface area contributed by atoms with Crippen LogP contribution in [-0.4, -0.2) is 35.4 Å². The van der Waals surface area contributed by atoms with Gasteiger partial charge in [-0.05, 0) is 42.3 Å².